The molecule has 0 fully saturated rings. The molecule has 0 aliphatic carbocycles. The van der Waals surface area contributed by atoms with Crippen molar-refractivity contribution in [2.45, 2.75) is 0 Å². The Morgan fingerprint density at radius 1 is 0.218 bits per heavy atom. The maximum absolute atomic E-state index is 2.42. The van der Waals surface area contributed by atoms with Crippen molar-refractivity contribution in [1.29, 1.82) is 0 Å². The fourth-order valence-corrected chi connectivity index (χ4v) is 7.90. The predicted molar refractivity (Wildman–Crippen MR) is 235 cm³/mol. The van der Waals surface area contributed by atoms with Crippen molar-refractivity contribution >= 4 is 49.4 Å². The monoisotopic (exact) mass is 699 g/mol. The third kappa shape index (κ3) is 6.33. The van der Waals surface area contributed by atoms with Gasteiger partial charge in [0.05, 0.1) is 5.69 Å². The summed E-state index contributed by atoms with van der Waals surface area (Å²) in [5.41, 5.74) is 12.8. The third-order valence-corrected chi connectivity index (χ3v) is 10.8. The summed E-state index contributed by atoms with van der Waals surface area (Å²) in [6.45, 7) is 0. The van der Waals surface area contributed by atoms with Crippen LogP contribution in [0.25, 0.3) is 76.8 Å². The van der Waals surface area contributed by atoms with Crippen LogP contribution in [0.15, 0.2) is 224 Å². The molecule has 0 spiro atoms. The predicted octanol–water partition coefficient (Wildman–Crippen LogP) is 15.3. The van der Waals surface area contributed by atoms with E-state index in [1.807, 2.05) is 0 Å². The molecule has 0 atom stereocenters. The molecule has 0 radical (unpaired) electrons. The maximum Gasteiger partial charge on any atom is 0.0546 e. The molecule has 1 heteroatoms. The Bertz CT molecular complexity index is 2960. The lowest BCUT2D eigenvalue weighted by Crippen LogP contribution is -2.11. The van der Waals surface area contributed by atoms with Gasteiger partial charge in [-0.1, -0.05) is 176 Å². The summed E-state index contributed by atoms with van der Waals surface area (Å²) >= 11 is 0. The third-order valence-electron chi connectivity index (χ3n) is 10.8. The zero-order valence-electron chi connectivity index (χ0n) is 30.3. The van der Waals surface area contributed by atoms with E-state index in [0.717, 1.165) is 17.1 Å². The van der Waals surface area contributed by atoms with Gasteiger partial charge in [-0.2, -0.15) is 0 Å². The molecule has 258 valence electrons. The highest BCUT2D eigenvalue weighted by Gasteiger charge is 2.20. The summed E-state index contributed by atoms with van der Waals surface area (Å²) in [5.74, 6) is 0. The van der Waals surface area contributed by atoms with Gasteiger partial charge in [-0.15, -0.1) is 0 Å². The van der Waals surface area contributed by atoms with Crippen molar-refractivity contribution in [1.82, 2.24) is 0 Å². The zero-order valence-corrected chi connectivity index (χ0v) is 30.3. The standard InChI is InChI=1S/C54H37N/c1-2-10-38(11-3-1)42-24-29-51(30-25-42)55(52-31-26-43(27-32-52)47-21-18-39-12-4-7-15-44(39)34-47)54-37-49(48-22-19-40-13-5-8-16-45(40)35-48)28-33-53(54)50-23-20-41-14-6-9-17-46(41)36-50/h1-37H. The van der Waals surface area contributed by atoms with Crippen LogP contribution in [0.5, 0.6) is 0 Å². The van der Waals surface area contributed by atoms with Crippen LogP contribution in [0.1, 0.15) is 0 Å². The molecular weight excluding hydrogens is 663 g/mol. The Balaban J connectivity index is 1.16. The van der Waals surface area contributed by atoms with Gasteiger partial charge < -0.3 is 4.90 Å². The minimum absolute atomic E-state index is 1.09. The molecule has 0 heterocycles. The highest BCUT2D eigenvalue weighted by atomic mass is 15.1. The van der Waals surface area contributed by atoms with Gasteiger partial charge in [-0.3, -0.25) is 0 Å². The first-order valence-electron chi connectivity index (χ1n) is 18.9. The largest absolute Gasteiger partial charge is 0.310 e. The first-order valence-corrected chi connectivity index (χ1v) is 18.9. The second kappa shape index (κ2) is 14.0. The second-order valence-electron chi connectivity index (χ2n) is 14.2. The van der Waals surface area contributed by atoms with Gasteiger partial charge in [-0.05, 0) is 120 Å². The van der Waals surface area contributed by atoms with Crippen LogP contribution in [-0.4, -0.2) is 0 Å². The lowest BCUT2D eigenvalue weighted by Gasteiger charge is -2.29. The second-order valence-corrected chi connectivity index (χ2v) is 14.2. The lowest BCUT2D eigenvalue weighted by atomic mass is 9.94. The Labute approximate surface area is 322 Å². The molecule has 0 bridgehead atoms. The Hall–Kier alpha value is -7.22. The van der Waals surface area contributed by atoms with E-state index in [9.17, 15) is 0 Å². The van der Waals surface area contributed by atoms with Crippen molar-refractivity contribution < 1.29 is 0 Å². The number of hydrogen-bond donors (Lipinski definition) is 0. The SMILES string of the molecule is c1ccc(-c2ccc(N(c3ccc(-c4ccc5ccccc5c4)cc3)c3cc(-c4ccc5ccccc5c4)ccc3-c3ccc4ccccc4c3)cc2)cc1. The van der Waals surface area contributed by atoms with Crippen molar-refractivity contribution in [3.63, 3.8) is 0 Å². The van der Waals surface area contributed by atoms with Gasteiger partial charge in [0.2, 0.25) is 0 Å². The highest BCUT2D eigenvalue weighted by molar-refractivity contribution is 5.96. The number of fused-ring (bicyclic) bond motifs is 3. The Morgan fingerprint density at radius 3 is 1.09 bits per heavy atom. The van der Waals surface area contributed by atoms with Crippen LogP contribution in [0.2, 0.25) is 0 Å². The number of benzene rings is 10. The van der Waals surface area contributed by atoms with E-state index < -0.39 is 0 Å². The normalized spacial score (nSPS) is 11.3. The molecule has 0 amide bonds. The van der Waals surface area contributed by atoms with E-state index in [1.54, 1.807) is 0 Å². The van der Waals surface area contributed by atoms with Crippen LogP contribution in [0.4, 0.5) is 17.1 Å². The van der Waals surface area contributed by atoms with E-state index in [1.165, 1.54) is 76.8 Å². The molecule has 10 rings (SSSR count). The van der Waals surface area contributed by atoms with Crippen molar-refractivity contribution in [2.75, 3.05) is 4.90 Å². The maximum atomic E-state index is 2.42. The first kappa shape index (κ1) is 32.4. The molecule has 0 N–H and O–H groups in total. The molecule has 0 aromatic heterocycles. The quantitative estimate of drug-likeness (QED) is 0.160. The molecule has 0 aliphatic rings. The molecular formula is C54H37N. The average Bonchev–Trinajstić information content (AvgIpc) is 3.27. The van der Waals surface area contributed by atoms with Crippen LogP contribution < -0.4 is 4.90 Å². The molecule has 0 aliphatic heterocycles. The molecule has 0 saturated carbocycles. The van der Waals surface area contributed by atoms with E-state index in [2.05, 4.69) is 229 Å². The topological polar surface area (TPSA) is 3.24 Å². The van der Waals surface area contributed by atoms with Gasteiger partial charge in [0.25, 0.3) is 0 Å². The van der Waals surface area contributed by atoms with Crippen molar-refractivity contribution in [3.8, 4) is 44.5 Å². The van der Waals surface area contributed by atoms with Gasteiger partial charge >= 0.3 is 0 Å². The molecule has 10 aromatic carbocycles. The average molecular weight is 700 g/mol. The van der Waals surface area contributed by atoms with E-state index in [0.29, 0.717) is 0 Å². The number of hydrogen-bond acceptors (Lipinski definition) is 1. The molecule has 0 saturated heterocycles. The summed E-state index contributed by atoms with van der Waals surface area (Å²) in [5, 5.41) is 7.43. The number of anilines is 3. The van der Waals surface area contributed by atoms with Crippen LogP contribution in [0.3, 0.4) is 0 Å². The molecule has 55 heavy (non-hydrogen) atoms. The van der Waals surface area contributed by atoms with Gasteiger partial charge in [-0.25, -0.2) is 0 Å². The van der Waals surface area contributed by atoms with E-state index in [4.69, 9.17) is 0 Å². The van der Waals surface area contributed by atoms with Crippen molar-refractivity contribution in [2.24, 2.45) is 0 Å². The number of nitrogens with zero attached hydrogens (tertiary/aromatic N) is 1. The Morgan fingerprint density at radius 2 is 0.564 bits per heavy atom. The Kier molecular flexibility index (Phi) is 8.24. The minimum atomic E-state index is 1.09. The van der Waals surface area contributed by atoms with Gasteiger partial charge in [0.1, 0.15) is 0 Å². The smallest absolute Gasteiger partial charge is 0.0546 e. The highest BCUT2D eigenvalue weighted by Crippen LogP contribution is 2.44. The number of rotatable bonds is 7. The zero-order chi connectivity index (χ0) is 36.6. The summed E-state index contributed by atoms with van der Waals surface area (Å²) in [6, 6.07) is 81.7. The minimum Gasteiger partial charge on any atom is -0.310 e. The molecule has 0 unspecified atom stereocenters. The van der Waals surface area contributed by atoms with E-state index >= 15 is 0 Å². The van der Waals surface area contributed by atoms with Gasteiger partial charge in [0.15, 0.2) is 0 Å². The molecule has 10 aromatic rings. The van der Waals surface area contributed by atoms with Crippen molar-refractivity contribution in [3.05, 3.63) is 224 Å². The van der Waals surface area contributed by atoms with E-state index in [-0.39, 0.29) is 0 Å². The fourth-order valence-electron chi connectivity index (χ4n) is 7.90. The summed E-state index contributed by atoms with van der Waals surface area (Å²) in [7, 11) is 0. The van der Waals surface area contributed by atoms with Gasteiger partial charge in [0, 0.05) is 16.9 Å². The fraction of sp³-hybridized carbons (Fsp3) is 0. The van der Waals surface area contributed by atoms with Crippen LogP contribution in [0, 0.1) is 0 Å². The summed E-state index contributed by atoms with van der Waals surface area (Å²) in [6.07, 6.45) is 0. The summed E-state index contributed by atoms with van der Waals surface area (Å²) in [4.78, 5) is 2.42. The van der Waals surface area contributed by atoms with Crippen LogP contribution >= 0.6 is 0 Å². The lowest BCUT2D eigenvalue weighted by molar-refractivity contribution is 1.28. The first-order chi connectivity index (χ1) is 27.2. The summed E-state index contributed by atoms with van der Waals surface area (Å²) < 4.78 is 0. The molecule has 1 nitrogen and oxygen atoms in total. The van der Waals surface area contributed by atoms with Crippen LogP contribution in [-0.2, 0) is 0 Å².